The molecule has 0 aliphatic carbocycles. The number of benzene rings is 2. The zero-order valence-electron chi connectivity index (χ0n) is 14.5. The summed E-state index contributed by atoms with van der Waals surface area (Å²) in [6.45, 7) is 2.13. The lowest BCUT2D eigenvalue weighted by atomic mass is 10.1. The summed E-state index contributed by atoms with van der Waals surface area (Å²) in [4.78, 5) is 27.0. The minimum atomic E-state index is -4.44. The van der Waals surface area contributed by atoms with E-state index in [1.165, 1.54) is 0 Å². The fourth-order valence-electron chi connectivity index (χ4n) is 2.77. The van der Waals surface area contributed by atoms with Crippen LogP contribution in [-0.4, -0.2) is 17.4 Å². The van der Waals surface area contributed by atoms with Crippen molar-refractivity contribution in [3.8, 4) is 0 Å². The average Bonchev–Trinajstić information content (AvgIpc) is 2.61. The van der Waals surface area contributed by atoms with Crippen molar-refractivity contribution in [1.29, 1.82) is 0 Å². The lowest BCUT2D eigenvalue weighted by molar-refractivity contribution is -0.137. The van der Waals surface area contributed by atoms with E-state index in [2.05, 4.69) is 10.3 Å². The normalized spacial score (nSPS) is 11.6. The van der Waals surface area contributed by atoms with Gasteiger partial charge in [0.05, 0.1) is 5.56 Å². The topological polar surface area (TPSA) is 62.0 Å². The highest BCUT2D eigenvalue weighted by Crippen LogP contribution is 2.29. The summed E-state index contributed by atoms with van der Waals surface area (Å²) < 4.78 is 37.6. The number of rotatable bonds is 4. The molecular formula is C20H17F3N2O2. The van der Waals surface area contributed by atoms with Crippen molar-refractivity contribution in [2.75, 3.05) is 6.54 Å². The number of amides is 1. The van der Waals surface area contributed by atoms with Crippen LogP contribution in [0, 0.1) is 6.92 Å². The van der Waals surface area contributed by atoms with Crippen molar-refractivity contribution in [3.05, 3.63) is 81.1 Å². The lowest BCUT2D eigenvalue weighted by Gasteiger charge is -2.09. The second kappa shape index (κ2) is 7.26. The lowest BCUT2D eigenvalue weighted by Crippen LogP contribution is -2.27. The van der Waals surface area contributed by atoms with E-state index in [0.29, 0.717) is 12.0 Å². The van der Waals surface area contributed by atoms with Crippen LogP contribution >= 0.6 is 0 Å². The maximum atomic E-state index is 12.5. The molecule has 0 saturated heterocycles. The van der Waals surface area contributed by atoms with E-state index >= 15 is 0 Å². The molecule has 0 atom stereocenters. The Morgan fingerprint density at radius 3 is 2.44 bits per heavy atom. The van der Waals surface area contributed by atoms with Gasteiger partial charge in [-0.1, -0.05) is 12.1 Å². The average molecular weight is 374 g/mol. The number of aromatic nitrogens is 1. The van der Waals surface area contributed by atoms with Gasteiger partial charge in [-0.2, -0.15) is 13.2 Å². The number of fused-ring (bicyclic) bond motifs is 1. The van der Waals surface area contributed by atoms with Gasteiger partial charge in [0.15, 0.2) is 0 Å². The first-order chi connectivity index (χ1) is 12.7. The zero-order valence-corrected chi connectivity index (χ0v) is 14.5. The van der Waals surface area contributed by atoms with Crippen LogP contribution in [0.2, 0.25) is 0 Å². The number of aromatic amines is 1. The molecule has 0 aliphatic rings. The second-order valence-electron chi connectivity index (χ2n) is 6.30. The van der Waals surface area contributed by atoms with E-state index in [0.717, 1.165) is 40.7 Å². The minimum absolute atomic E-state index is 0.130. The summed E-state index contributed by atoms with van der Waals surface area (Å²) in [7, 11) is 0. The van der Waals surface area contributed by atoms with Crippen LogP contribution in [0.15, 0.2) is 53.3 Å². The monoisotopic (exact) mass is 374 g/mol. The number of nitrogens with one attached hydrogen (secondary N) is 2. The molecular weight excluding hydrogens is 357 g/mol. The van der Waals surface area contributed by atoms with Crippen LogP contribution in [-0.2, 0) is 12.6 Å². The molecule has 2 aromatic carbocycles. The standard InChI is InChI=1S/C20H17F3N2O2/c1-12-2-3-14-11-15(19(27)25-17(14)10-12)8-9-24-18(26)13-4-6-16(7-5-13)20(21,22)23/h2-7,10-11H,8-9H2,1H3,(H,24,26)(H,25,27). The Labute approximate surface area is 153 Å². The van der Waals surface area contributed by atoms with E-state index in [-0.39, 0.29) is 17.7 Å². The molecule has 4 nitrogen and oxygen atoms in total. The summed E-state index contributed by atoms with van der Waals surface area (Å²) in [6, 6.07) is 11.5. The van der Waals surface area contributed by atoms with Crippen molar-refractivity contribution < 1.29 is 18.0 Å². The van der Waals surface area contributed by atoms with Crippen molar-refractivity contribution in [2.24, 2.45) is 0 Å². The number of carbonyl (C=O) groups excluding carboxylic acids is 1. The second-order valence-corrected chi connectivity index (χ2v) is 6.30. The largest absolute Gasteiger partial charge is 0.416 e. The van der Waals surface area contributed by atoms with Crippen LogP contribution < -0.4 is 10.9 Å². The Morgan fingerprint density at radius 2 is 1.78 bits per heavy atom. The smallest absolute Gasteiger partial charge is 0.352 e. The fourth-order valence-corrected chi connectivity index (χ4v) is 2.77. The first-order valence-corrected chi connectivity index (χ1v) is 8.32. The quantitative estimate of drug-likeness (QED) is 0.729. The number of alkyl halides is 3. The molecule has 0 aliphatic heterocycles. The van der Waals surface area contributed by atoms with E-state index in [1.54, 1.807) is 6.07 Å². The Bertz CT molecular complexity index is 1040. The van der Waals surface area contributed by atoms with Gasteiger partial charge in [-0.25, -0.2) is 0 Å². The molecule has 0 fully saturated rings. The first kappa shape index (κ1) is 18.7. The molecule has 27 heavy (non-hydrogen) atoms. The molecule has 3 rings (SSSR count). The van der Waals surface area contributed by atoms with Gasteiger partial charge in [-0.15, -0.1) is 0 Å². The Morgan fingerprint density at radius 1 is 1.07 bits per heavy atom. The van der Waals surface area contributed by atoms with Crippen molar-refractivity contribution in [2.45, 2.75) is 19.5 Å². The third-order valence-corrected chi connectivity index (χ3v) is 4.23. The highest BCUT2D eigenvalue weighted by molar-refractivity contribution is 5.94. The SMILES string of the molecule is Cc1ccc2cc(CCNC(=O)c3ccc(C(F)(F)F)cc3)c(=O)[nH]c2c1. The number of pyridine rings is 1. The van der Waals surface area contributed by atoms with Gasteiger partial charge in [-0.05, 0) is 60.7 Å². The van der Waals surface area contributed by atoms with Gasteiger partial charge in [-0.3, -0.25) is 9.59 Å². The molecule has 0 saturated carbocycles. The summed E-state index contributed by atoms with van der Waals surface area (Å²) >= 11 is 0. The Balaban J connectivity index is 1.65. The maximum absolute atomic E-state index is 12.5. The van der Waals surface area contributed by atoms with E-state index < -0.39 is 17.6 Å². The van der Waals surface area contributed by atoms with Gasteiger partial charge in [0.1, 0.15) is 0 Å². The molecule has 0 unspecified atom stereocenters. The van der Waals surface area contributed by atoms with Crippen LogP contribution in [0.1, 0.15) is 27.0 Å². The molecule has 3 aromatic rings. The van der Waals surface area contributed by atoms with Crippen LogP contribution in [0.3, 0.4) is 0 Å². The number of carbonyl (C=O) groups is 1. The molecule has 0 spiro atoms. The molecule has 7 heteroatoms. The van der Waals surface area contributed by atoms with Gasteiger partial charge < -0.3 is 10.3 Å². The van der Waals surface area contributed by atoms with Crippen molar-refractivity contribution >= 4 is 16.8 Å². The fraction of sp³-hybridized carbons (Fsp3) is 0.200. The first-order valence-electron chi connectivity index (χ1n) is 8.32. The molecule has 1 aromatic heterocycles. The molecule has 1 amide bonds. The van der Waals surface area contributed by atoms with Gasteiger partial charge >= 0.3 is 6.18 Å². The predicted octanol–water partition coefficient (Wildman–Crippen LogP) is 3.83. The van der Waals surface area contributed by atoms with Crippen LogP contribution in [0.5, 0.6) is 0 Å². The number of H-pyrrole nitrogens is 1. The highest BCUT2D eigenvalue weighted by Gasteiger charge is 2.30. The summed E-state index contributed by atoms with van der Waals surface area (Å²) in [6.07, 6.45) is -4.13. The zero-order chi connectivity index (χ0) is 19.6. The Hall–Kier alpha value is -3.09. The van der Waals surface area contributed by atoms with Crippen molar-refractivity contribution in [1.82, 2.24) is 10.3 Å². The van der Waals surface area contributed by atoms with E-state index in [9.17, 15) is 22.8 Å². The van der Waals surface area contributed by atoms with E-state index in [4.69, 9.17) is 0 Å². The molecule has 1 heterocycles. The van der Waals surface area contributed by atoms with Crippen LogP contribution in [0.4, 0.5) is 13.2 Å². The highest BCUT2D eigenvalue weighted by atomic mass is 19.4. The third kappa shape index (κ3) is 4.36. The molecule has 0 bridgehead atoms. The minimum Gasteiger partial charge on any atom is -0.352 e. The predicted molar refractivity (Wildman–Crippen MR) is 96.8 cm³/mol. The third-order valence-electron chi connectivity index (χ3n) is 4.23. The summed E-state index contributed by atoms with van der Waals surface area (Å²) in [5.74, 6) is -0.489. The number of hydrogen-bond donors (Lipinski definition) is 2. The number of aryl methyl sites for hydroxylation is 1. The number of halogens is 3. The van der Waals surface area contributed by atoms with E-state index in [1.807, 2.05) is 25.1 Å². The number of hydrogen-bond acceptors (Lipinski definition) is 2. The van der Waals surface area contributed by atoms with Crippen molar-refractivity contribution in [3.63, 3.8) is 0 Å². The van der Waals surface area contributed by atoms with Crippen LogP contribution in [0.25, 0.3) is 10.9 Å². The van der Waals surface area contributed by atoms with Gasteiger partial charge in [0, 0.05) is 23.2 Å². The molecule has 0 radical (unpaired) electrons. The summed E-state index contributed by atoms with van der Waals surface area (Å²) in [5.41, 5.74) is 1.41. The Kier molecular flexibility index (Phi) is 5.03. The van der Waals surface area contributed by atoms with Gasteiger partial charge in [0.25, 0.3) is 11.5 Å². The maximum Gasteiger partial charge on any atom is 0.416 e. The molecule has 140 valence electrons. The molecule has 2 N–H and O–H groups in total. The van der Waals surface area contributed by atoms with Gasteiger partial charge in [0.2, 0.25) is 0 Å². The summed E-state index contributed by atoms with van der Waals surface area (Å²) in [5, 5.41) is 3.51.